The summed E-state index contributed by atoms with van der Waals surface area (Å²) in [5, 5.41) is 1.34. The van der Waals surface area contributed by atoms with Crippen molar-refractivity contribution in [2.24, 2.45) is 0 Å². The van der Waals surface area contributed by atoms with Gasteiger partial charge in [-0.1, -0.05) is 49.7 Å². The third kappa shape index (κ3) is 16.6. The van der Waals surface area contributed by atoms with Crippen LogP contribution in [0, 0.1) is 0 Å². The van der Waals surface area contributed by atoms with Crippen LogP contribution in [0.25, 0.3) is 0 Å². The SMILES string of the molecule is C.C.C1CCOCC1.Clc1cc(Cl)nc(Cl)n1.Clc1cc(N2CCOCC2)nc(N2CCOCC2)n1.Clc1nc(N2CCOCC2)cc(N2CCOCC2)n1. The fourth-order valence-corrected chi connectivity index (χ4v) is 6.65. The summed E-state index contributed by atoms with van der Waals surface area (Å²) in [5.74, 6) is 3.33. The molecule has 0 radical (unpaired) electrons. The minimum atomic E-state index is 0. The summed E-state index contributed by atoms with van der Waals surface area (Å²) in [6.07, 6.45) is 3.93. The number of rotatable bonds is 4. The van der Waals surface area contributed by atoms with E-state index in [1.165, 1.54) is 25.3 Å². The quantitative estimate of drug-likeness (QED) is 0.208. The minimum Gasteiger partial charge on any atom is -0.381 e. The molecule has 5 fully saturated rings. The smallest absolute Gasteiger partial charge is 0.228 e. The minimum absolute atomic E-state index is 0. The molecule has 0 N–H and O–H groups in total. The molecule has 0 spiro atoms. The predicted molar refractivity (Wildman–Crippen MR) is 221 cm³/mol. The number of nitrogens with zero attached hydrogens (tertiary/aromatic N) is 10. The summed E-state index contributed by atoms with van der Waals surface area (Å²) >= 11 is 28.4. The Morgan fingerprint density at radius 1 is 0.364 bits per heavy atom. The highest BCUT2D eigenvalue weighted by molar-refractivity contribution is 6.35. The first kappa shape index (κ1) is 47.1. The van der Waals surface area contributed by atoms with E-state index in [2.05, 4.69) is 49.5 Å². The molecule has 8 rings (SSSR count). The van der Waals surface area contributed by atoms with Gasteiger partial charge in [0.25, 0.3) is 0 Å². The molecule has 5 aliphatic heterocycles. The Morgan fingerprint density at radius 3 is 1.07 bits per heavy atom. The summed E-state index contributed by atoms with van der Waals surface area (Å²) < 4.78 is 26.5. The Labute approximate surface area is 349 Å². The lowest BCUT2D eigenvalue weighted by atomic mass is 10.2. The molecule has 5 aliphatic rings. The third-order valence-corrected chi connectivity index (χ3v) is 9.27. The number of hydrogen-bond donors (Lipinski definition) is 0. The first-order valence-electron chi connectivity index (χ1n) is 17.7. The Bertz CT molecular complexity index is 1310. The average Bonchev–Trinajstić information content (AvgIpc) is 3.20. The van der Waals surface area contributed by atoms with Crippen LogP contribution in [0.5, 0.6) is 0 Å². The summed E-state index contributed by atoms with van der Waals surface area (Å²) in [4.78, 5) is 33.4. The first-order chi connectivity index (χ1) is 25.8. The van der Waals surface area contributed by atoms with E-state index in [1.807, 2.05) is 12.1 Å². The fourth-order valence-electron chi connectivity index (χ4n) is 5.61. The molecule has 0 aliphatic carbocycles. The average molecular weight is 871 g/mol. The molecule has 8 heterocycles. The molecule has 0 aromatic carbocycles. The van der Waals surface area contributed by atoms with Crippen LogP contribution >= 0.6 is 58.0 Å². The molecular weight excluding hydrogens is 818 g/mol. The van der Waals surface area contributed by atoms with Gasteiger partial charge in [-0.2, -0.15) is 4.98 Å². The molecule has 5 saturated heterocycles. The molecule has 0 unspecified atom stereocenters. The molecule has 0 amide bonds. The monoisotopic (exact) mass is 868 g/mol. The molecule has 0 bridgehead atoms. The highest BCUT2D eigenvalue weighted by Crippen LogP contribution is 2.24. The zero-order valence-electron chi connectivity index (χ0n) is 29.5. The Hall–Kier alpha value is -2.31. The van der Waals surface area contributed by atoms with Crippen LogP contribution < -0.4 is 19.6 Å². The highest BCUT2D eigenvalue weighted by Gasteiger charge is 2.20. The number of anilines is 4. The molecule has 20 heteroatoms. The van der Waals surface area contributed by atoms with Gasteiger partial charge in [-0.15, -0.1) is 0 Å². The molecular formula is C35H53Cl5N10O5. The van der Waals surface area contributed by atoms with E-state index in [1.54, 1.807) is 0 Å². The molecule has 3 aromatic heterocycles. The predicted octanol–water partition coefficient (Wildman–Crippen LogP) is 6.50. The van der Waals surface area contributed by atoms with Gasteiger partial charge >= 0.3 is 0 Å². The van der Waals surface area contributed by atoms with E-state index in [0.29, 0.717) is 29.6 Å². The molecule has 308 valence electrons. The van der Waals surface area contributed by atoms with Crippen LogP contribution in [0.3, 0.4) is 0 Å². The zero-order valence-corrected chi connectivity index (χ0v) is 33.3. The zero-order chi connectivity index (χ0) is 37.3. The van der Waals surface area contributed by atoms with Crippen molar-refractivity contribution in [3.63, 3.8) is 0 Å². The van der Waals surface area contributed by atoms with Crippen molar-refractivity contribution in [3.8, 4) is 0 Å². The van der Waals surface area contributed by atoms with Crippen molar-refractivity contribution in [3.05, 3.63) is 44.2 Å². The topological polar surface area (TPSA) is 136 Å². The van der Waals surface area contributed by atoms with Crippen LogP contribution in [0.2, 0.25) is 26.0 Å². The molecule has 15 nitrogen and oxygen atoms in total. The van der Waals surface area contributed by atoms with Gasteiger partial charge in [0, 0.05) is 83.8 Å². The van der Waals surface area contributed by atoms with Crippen molar-refractivity contribution >= 4 is 81.4 Å². The molecule has 0 saturated carbocycles. The normalized spacial score (nSPS) is 18.5. The van der Waals surface area contributed by atoms with Gasteiger partial charge in [0.05, 0.1) is 52.9 Å². The number of halogens is 5. The fraction of sp³-hybridized carbons (Fsp3) is 0.657. The Balaban J connectivity index is 0.000000212. The van der Waals surface area contributed by atoms with Gasteiger partial charge in [-0.05, 0) is 42.5 Å². The van der Waals surface area contributed by atoms with Gasteiger partial charge in [-0.25, -0.2) is 24.9 Å². The largest absolute Gasteiger partial charge is 0.381 e. The summed E-state index contributed by atoms with van der Waals surface area (Å²) in [6, 6.07) is 5.23. The third-order valence-electron chi connectivity index (χ3n) is 8.35. The van der Waals surface area contributed by atoms with Crippen molar-refractivity contribution in [1.82, 2.24) is 29.9 Å². The number of morpholine rings is 4. The van der Waals surface area contributed by atoms with Crippen molar-refractivity contribution in [2.45, 2.75) is 34.1 Å². The Morgan fingerprint density at radius 2 is 0.709 bits per heavy atom. The Kier molecular flexibility index (Phi) is 22.1. The molecule has 0 atom stereocenters. The standard InChI is InChI=1S/2C12H17ClN4O2.C5H10O.C4HCl3N2.2CH4/c13-12-14-10(16-1-5-18-6-2-16)9-11(15-12)17-3-7-19-8-4-17;13-10-9-11(16-1-5-18-6-2-16)15-12(14-10)17-3-7-19-8-4-17;1-2-4-6-5-3-1;5-2-1-3(6)9-4(7)8-2;;/h2*9H,1-8H2;1-5H2;1H;2*1H4. The van der Waals surface area contributed by atoms with Crippen molar-refractivity contribution < 1.29 is 23.7 Å². The van der Waals surface area contributed by atoms with Crippen LogP contribution in [-0.4, -0.2) is 148 Å². The van der Waals surface area contributed by atoms with Crippen LogP contribution in [0.1, 0.15) is 34.1 Å². The van der Waals surface area contributed by atoms with Crippen molar-refractivity contribution in [1.29, 1.82) is 0 Å². The maximum absolute atomic E-state index is 6.12. The van der Waals surface area contributed by atoms with E-state index in [-0.39, 0.29) is 30.4 Å². The van der Waals surface area contributed by atoms with Gasteiger partial charge < -0.3 is 43.3 Å². The van der Waals surface area contributed by atoms with Gasteiger partial charge in [0.15, 0.2) is 0 Å². The lowest BCUT2D eigenvalue weighted by molar-refractivity contribution is 0.0968. The highest BCUT2D eigenvalue weighted by atomic mass is 35.5. The maximum Gasteiger partial charge on any atom is 0.228 e. The van der Waals surface area contributed by atoms with Gasteiger partial charge in [0.1, 0.15) is 32.9 Å². The van der Waals surface area contributed by atoms with Crippen LogP contribution in [0.4, 0.5) is 23.4 Å². The van der Waals surface area contributed by atoms with E-state index in [0.717, 1.165) is 123 Å². The van der Waals surface area contributed by atoms with Gasteiger partial charge in [0.2, 0.25) is 16.5 Å². The van der Waals surface area contributed by atoms with Crippen LogP contribution in [0.15, 0.2) is 18.2 Å². The lowest BCUT2D eigenvalue weighted by Crippen LogP contribution is -2.39. The molecule has 55 heavy (non-hydrogen) atoms. The summed E-state index contributed by atoms with van der Waals surface area (Å²) in [5.41, 5.74) is 0. The lowest BCUT2D eigenvalue weighted by Gasteiger charge is -2.31. The van der Waals surface area contributed by atoms with E-state index in [4.69, 9.17) is 81.7 Å². The number of aromatic nitrogens is 6. The van der Waals surface area contributed by atoms with E-state index >= 15 is 0 Å². The second kappa shape index (κ2) is 25.8. The number of hydrogen-bond acceptors (Lipinski definition) is 15. The van der Waals surface area contributed by atoms with E-state index < -0.39 is 0 Å². The number of ether oxygens (including phenoxy) is 5. The summed E-state index contributed by atoms with van der Waals surface area (Å²) in [6.45, 7) is 14.5. The van der Waals surface area contributed by atoms with Crippen molar-refractivity contribution in [2.75, 3.05) is 138 Å². The summed E-state index contributed by atoms with van der Waals surface area (Å²) in [7, 11) is 0. The van der Waals surface area contributed by atoms with E-state index in [9.17, 15) is 0 Å². The van der Waals surface area contributed by atoms with Gasteiger partial charge in [-0.3, -0.25) is 0 Å². The second-order valence-corrected chi connectivity index (χ2v) is 13.9. The maximum atomic E-state index is 6.12. The second-order valence-electron chi connectivity index (χ2n) is 12.1. The molecule has 3 aromatic rings. The first-order valence-corrected chi connectivity index (χ1v) is 19.6. The van der Waals surface area contributed by atoms with Crippen LogP contribution in [-0.2, 0) is 23.7 Å².